The van der Waals surface area contributed by atoms with Gasteiger partial charge in [0, 0.05) is 18.2 Å². The van der Waals surface area contributed by atoms with Crippen molar-refractivity contribution < 1.29 is 9.53 Å². The Morgan fingerprint density at radius 2 is 2.23 bits per heavy atom. The quantitative estimate of drug-likeness (QED) is 0.923. The van der Waals surface area contributed by atoms with Crippen LogP contribution in [-0.4, -0.2) is 22.4 Å². The fraction of sp³-hybridized carbons (Fsp3) is 0.353. The van der Waals surface area contributed by atoms with Crippen LogP contribution in [-0.2, 0) is 6.42 Å². The van der Waals surface area contributed by atoms with Gasteiger partial charge in [0.25, 0.3) is 0 Å². The molecule has 0 radical (unpaired) electrons. The summed E-state index contributed by atoms with van der Waals surface area (Å²) >= 11 is 0. The second kappa shape index (κ2) is 5.09. The molecule has 5 heteroatoms. The Labute approximate surface area is 128 Å². The SMILES string of the molecule is Cc1ccc2c(c1)[C@@H](Nc1ncc3c(n1)CCCC3=O)CO2. The molecule has 0 fully saturated rings. The Kier molecular flexibility index (Phi) is 3.06. The Morgan fingerprint density at radius 1 is 1.32 bits per heavy atom. The molecule has 0 saturated carbocycles. The minimum atomic E-state index is 0.0484. The molecule has 22 heavy (non-hydrogen) atoms. The highest BCUT2D eigenvalue weighted by Gasteiger charge is 2.26. The lowest BCUT2D eigenvalue weighted by atomic mass is 9.96. The number of ether oxygens (including phenoxy) is 1. The van der Waals surface area contributed by atoms with Crippen LogP contribution in [0.3, 0.4) is 0 Å². The van der Waals surface area contributed by atoms with Gasteiger partial charge in [0.15, 0.2) is 5.78 Å². The largest absolute Gasteiger partial charge is 0.491 e. The number of hydrogen-bond donors (Lipinski definition) is 1. The van der Waals surface area contributed by atoms with Crippen molar-refractivity contribution in [3.05, 3.63) is 46.8 Å². The van der Waals surface area contributed by atoms with Crippen LogP contribution in [0.15, 0.2) is 24.4 Å². The molecule has 1 atom stereocenters. The minimum Gasteiger partial charge on any atom is -0.491 e. The highest BCUT2D eigenvalue weighted by atomic mass is 16.5. The van der Waals surface area contributed by atoms with E-state index in [1.165, 1.54) is 5.56 Å². The summed E-state index contributed by atoms with van der Waals surface area (Å²) in [4.78, 5) is 20.6. The number of aryl methyl sites for hydroxylation is 2. The maximum absolute atomic E-state index is 11.8. The number of ketones is 1. The first kappa shape index (κ1) is 13.2. The third kappa shape index (κ3) is 2.22. The molecule has 2 heterocycles. The first-order valence-electron chi connectivity index (χ1n) is 7.60. The Bertz CT molecular complexity index is 758. The second-order valence-electron chi connectivity index (χ2n) is 5.88. The number of hydrogen-bond acceptors (Lipinski definition) is 5. The van der Waals surface area contributed by atoms with Crippen molar-refractivity contribution in [2.45, 2.75) is 32.2 Å². The summed E-state index contributed by atoms with van der Waals surface area (Å²) in [6.45, 7) is 2.63. The van der Waals surface area contributed by atoms with Gasteiger partial charge in [-0.2, -0.15) is 0 Å². The predicted molar refractivity (Wildman–Crippen MR) is 82.3 cm³/mol. The summed E-state index contributed by atoms with van der Waals surface area (Å²) in [5.41, 5.74) is 3.87. The van der Waals surface area contributed by atoms with Gasteiger partial charge in [-0.1, -0.05) is 17.7 Å². The highest BCUT2D eigenvalue weighted by Crippen LogP contribution is 2.34. The average molecular weight is 295 g/mol. The minimum absolute atomic E-state index is 0.0484. The fourth-order valence-electron chi connectivity index (χ4n) is 3.07. The first-order chi connectivity index (χ1) is 10.7. The van der Waals surface area contributed by atoms with E-state index in [0.717, 1.165) is 29.8 Å². The summed E-state index contributed by atoms with van der Waals surface area (Å²) in [6, 6.07) is 6.22. The van der Waals surface area contributed by atoms with Crippen molar-refractivity contribution in [3.8, 4) is 5.75 Å². The van der Waals surface area contributed by atoms with E-state index in [-0.39, 0.29) is 11.8 Å². The Morgan fingerprint density at radius 3 is 3.14 bits per heavy atom. The van der Waals surface area contributed by atoms with Crippen LogP contribution < -0.4 is 10.1 Å². The summed E-state index contributed by atoms with van der Waals surface area (Å²) < 4.78 is 5.70. The van der Waals surface area contributed by atoms with E-state index in [0.29, 0.717) is 24.5 Å². The van der Waals surface area contributed by atoms with E-state index in [1.807, 2.05) is 12.1 Å². The molecular weight excluding hydrogens is 278 g/mol. The van der Waals surface area contributed by atoms with Gasteiger partial charge in [-0.05, 0) is 25.8 Å². The van der Waals surface area contributed by atoms with Crippen molar-refractivity contribution in [1.29, 1.82) is 0 Å². The molecule has 2 aromatic rings. The molecule has 2 aliphatic rings. The van der Waals surface area contributed by atoms with Gasteiger partial charge in [0.1, 0.15) is 12.4 Å². The van der Waals surface area contributed by atoms with Crippen LogP contribution in [0.5, 0.6) is 5.75 Å². The fourth-order valence-corrected chi connectivity index (χ4v) is 3.07. The predicted octanol–water partition coefficient (Wildman–Crippen LogP) is 2.85. The van der Waals surface area contributed by atoms with Crippen LogP contribution in [0.25, 0.3) is 0 Å². The number of carbonyl (C=O) groups excluding carboxylic acids is 1. The standard InChI is InChI=1S/C17H17N3O2/c1-10-5-6-16-11(7-10)14(9-22-16)20-17-18-8-12-13(19-17)3-2-4-15(12)21/h5-8,14H,2-4,9H2,1H3,(H,18,19,20)/t14-/m0/s1. The van der Waals surface area contributed by atoms with E-state index in [9.17, 15) is 4.79 Å². The van der Waals surface area contributed by atoms with Crippen molar-refractivity contribution in [2.24, 2.45) is 0 Å². The van der Waals surface area contributed by atoms with Crippen LogP contribution >= 0.6 is 0 Å². The number of anilines is 1. The zero-order valence-electron chi connectivity index (χ0n) is 12.4. The zero-order chi connectivity index (χ0) is 15.1. The first-order valence-corrected chi connectivity index (χ1v) is 7.60. The average Bonchev–Trinajstić information content (AvgIpc) is 2.90. The molecule has 1 aromatic carbocycles. The maximum Gasteiger partial charge on any atom is 0.223 e. The van der Waals surface area contributed by atoms with Gasteiger partial charge in [-0.3, -0.25) is 4.79 Å². The van der Waals surface area contributed by atoms with E-state index in [2.05, 4.69) is 28.3 Å². The van der Waals surface area contributed by atoms with Crippen LogP contribution in [0.4, 0.5) is 5.95 Å². The molecule has 0 amide bonds. The number of fused-ring (bicyclic) bond motifs is 2. The normalized spacial score (nSPS) is 19.3. The number of nitrogens with zero attached hydrogens (tertiary/aromatic N) is 2. The van der Waals surface area contributed by atoms with Crippen molar-refractivity contribution in [1.82, 2.24) is 9.97 Å². The Hall–Kier alpha value is -2.43. The molecule has 0 unspecified atom stereocenters. The van der Waals surface area contributed by atoms with Crippen molar-refractivity contribution >= 4 is 11.7 Å². The van der Waals surface area contributed by atoms with Gasteiger partial charge in [0.05, 0.1) is 17.3 Å². The lowest BCUT2D eigenvalue weighted by molar-refractivity contribution is 0.0971. The summed E-state index contributed by atoms with van der Waals surface area (Å²) in [6.07, 6.45) is 3.97. The highest BCUT2D eigenvalue weighted by molar-refractivity contribution is 5.97. The van der Waals surface area contributed by atoms with Crippen molar-refractivity contribution in [2.75, 3.05) is 11.9 Å². The van der Waals surface area contributed by atoms with Gasteiger partial charge in [0.2, 0.25) is 5.95 Å². The molecule has 0 saturated heterocycles. The molecule has 1 aliphatic heterocycles. The Balaban J connectivity index is 1.61. The molecule has 4 rings (SSSR count). The smallest absolute Gasteiger partial charge is 0.223 e. The molecule has 5 nitrogen and oxygen atoms in total. The lowest BCUT2D eigenvalue weighted by Crippen LogP contribution is -2.18. The summed E-state index contributed by atoms with van der Waals surface area (Å²) in [7, 11) is 0. The molecule has 0 bridgehead atoms. The maximum atomic E-state index is 11.8. The molecule has 1 N–H and O–H groups in total. The van der Waals surface area contributed by atoms with Gasteiger partial charge >= 0.3 is 0 Å². The number of aromatic nitrogens is 2. The van der Waals surface area contributed by atoms with E-state index >= 15 is 0 Å². The zero-order valence-corrected chi connectivity index (χ0v) is 12.4. The third-order valence-corrected chi connectivity index (χ3v) is 4.24. The van der Waals surface area contributed by atoms with Crippen molar-refractivity contribution in [3.63, 3.8) is 0 Å². The molecule has 1 aliphatic carbocycles. The number of rotatable bonds is 2. The number of carbonyl (C=O) groups is 1. The number of benzene rings is 1. The molecule has 1 aromatic heterocycles. The van der Waals surface area contributed by atoms with E-state index < -0.39 is 0 Å². The van der Waals surface area contributed by atoms with Crippen LogP contribution in [0.1, 0.15) is 46.1 Å². The number of nitrogens with one attached hydrogen (secondary N) is 1. The van der Waals surface area contributed by atoms with Gasteiger partial charge < -0.3 is 10.1 Å². The number of Topliss-reactive ketones (excluding diaryl/α,β-unsaturated/α-hetero) is 1. The van der Waals surface area contributed by atoms with Crippen LogP contribution in [0, 0.1) is 6.92 Å². The van der Waals surface area contributed by atoms with E-state index in [1.54, 1.807) is 6.20 Å². The third-order valence-electron chi connectivity index (χ3n) is 4.24. The monoisotopic (exact) mass is 295 g/mol. The summed E-state index contributed by atoms with van der Waals surface area (Å²) in [5.74, 6) is 1.63. The topological polar surface area (TPSA) is 64.1 Å². The molecular formula is C17H17N3O2. The van der Waals surface area contributed by atoms with E-state index in [4.69, 9.17) is 4.74 Å². The van der Waals surface area contributed by atoms with Gasteiger partial charge in [-0.25, -0.2) is 9.97 Å². The lowest BCUT2D eigenvalue weighted by Gasteiger charge is -2.16. The summed E-state index contributed by atoms with van der Waals surface area (Å²) in [5, 5.41) is 3.33. The molecule has 0 spiro atoms. The van der Waals surface area contributed by atoms with Gasteiger partial charge in [-0.15, -0.1) is 0 Å². The van der Waals surface area contributed by atoms with Crippen LogP contribution in [0.2, 0.25) is 0 Å². The molecule has 112 valence electrons. The second-order valence-corrected chi connectivity index (χ2v) is 5.88.